The van der Waals surface area contributed by atoms with Crippen molar-refractivity contribution in [1.82, 2.24) is 5.01 Å². The molecule has 1 N–H and O–H groups in total. The zero-order valence-corrected chi connectivity index (χ0v) is 16.5. The summed E-state index contributed by atoms with van der Waals surface area (Å²) in [7, 11) is 1.43. The maximum Gasteiger partial charge on any atom is 0.341 e. The Morgan fingerprint density at radius 1 is 1.25 bits per heavy atom. The summed E-state index contributed by atoms with van der Waals surface area (Å²) in [5, 5.41) is 13.9. The van der Waals surface area contributed by atoms with Crippen LogP contribution in [0.15, 0.2) is 33.9 Å². The Morgan fingerprint density at radius 3 is 2.46 bits per heavy atom. The van der Waals surface area contributed by atoms with Gasteiger partial charge in [0.1, 0.15) is 0 Å². The molecule has 3 aliphatic rings. The van der Waals surface area contributed by atoms with Crippen LogP contribution in [0.25, 0.3) is 0 Å². The Morgan fingerprint density at radius 2 is 1.89 bits per heavy atom. The monoisotopic (exact) mass is 448 g/mol. The molecule has 0 spiro atoms. The molecule has 1 saturated heterocycles. The van der Waals surface area contributed by atoms with E-state index in [0.717, 1.165) is 11.4 Å². The lowest BCUT2D eigenvalue weighted by Gasteiger charge is -2.13. The van der Waals surface area contributed by atoms with Gasteiger partial charge in [0, 0.05) is 10.0 Å². The number of hydrogen-bond acceptors (Lipinski definition) is 6. The number of fused-ring (bicyclic) bond motifs is 5. The van der Waals surface area contributed by atoms with Gasteiger partial charge in [0.2, 0.25) is 0 Å². The number of amides is 2. The third-order valence-corrected chi connectivity index (χ3v) is 6.08. The number of aliphatic carboxylic acids is 1. The van der Waals surface area contributed by atoms with Gasteiger partial charge in [0.25, 0.3) is 11.8 Å². The van der Waals surface area contributed by atoms with Crippen LogP contribution in [0.4, 0.5) is 0 Å². The molecule has 9 heteroatoms. The van der Waals surface area contributed by atoms with Crippen LogP contribution in [0.5, 0.6) is 11.5 Å². The first-order valence-electron chi connectivity index (χ1n) is 8.73. The zero-order chi connectivity index (χ0) is 20.0. The molecule has 28 heavy (non-hydrogen) atoms. The summed E-state index contributed by atoms with van der Waals surface area (Å²) < 4.78 is 11.0. The predicted molar refractivity (Wildman–Crippen MR) is 101 cm³/mol. The Kier molecular flexibility index (Phi) is 4.70. The molecule has 146 valence electrons. The fourth-order valence-corrected chi connectivity index (χ4v) is 4.61. The van der Waals surface area contributed by atoms with Gasteiger partial charge in [-0.2, -0.15) is 10.1 Å². The second-order valence-electron chi connectivity index (χ2n) is 6.94. The fourth-order valence-electron chi connectivity index (χ4n) is 4.18. The quantitative estimate of drug-likeness (QED) is 0.405. The number of halogens is 1. The van der Waals surface area contributed by atoms with Crippen molar-refractivity contribution in [1.29, 1.82) is 0 Å². The Balaban J connectivity index is 1.56. The van der Waals surface area contributed by atoms with Gasteiger partial charge < -0.3 is 14.6 Å². The van der Waals surface area contributed by atoms with Crippen LogP contribution in [-0.4, -0.2) is 47.8 Å². The number of carbonyl (C=O) groups is 3. The summed E-state index contributed by atoms with van der Waals surface area (Å²) >= 11 is 3.36. The van der Waals surface area contributed by atoms with Crippen LogP contribution >= 0.6 is 15.9 Å². The predicted octanol–water partition coefficient (Wildman–Crippen LogP) is 2.06. The number of hydrogen-bond donors (Lipinski definition) is 1. The van der Waals surface area contributed by atoms with E-state index in [2.05, 4.69) is 21.0 Å². The molecule has 0 aromatic heterocycles. The topological polar surface area (TPSA) is 106 Å². The van der Waals surface area contributed by atoms with Crippen LogP contribution in [-0.2, 0) is 14.4 Å². The second-order valence-corrected chi connectivity index (χ2v) is 7.79. The molecule has 1 aromatic rings. The van der Waals surface area contributed by atoms with E-state index in [1.54, 1.807) is 12.1 Å². The number of carboxylic acid groups (broad SMARTS) is 1. The number of rotatable bonds is 6. The molecule has 2 amide bonds. The van der Waals surface area contributed by atoms with Crippen LogP contribution in [0.1, 0.15) is 12.0 Å². The highest BCUT2D eigenvalue weighted by Crippen LogP contribution is 2.52. The van der Waals surface area contributed by atoms with E-state index in [1.165, 1.54) is 13.3 Å². The van der Waals surface area contributed by atoms with Gasteiger partial charge in [-0.3, -0.25) is 9.59 Å². The van der Waals surface area contributed by atoms with E-state index in [-0.39, 0.29) is 41.2 Å². The minimum absolute atomic E-state index is 0.129. The smallest absolute Gasteiger partial charge is 0.341 e. The second kappa shape index (κ2) is 7.05. The zero-order valence-electron chi connectivity index (χ0n) is 14.9. The fraction of sp³-hybridized carbons (Fsp3) is 0.368. The van der Waals surface area contributed by atoms with Crippen molar-refractivity contribution in [3.8, 4) is 11.5 Å². The van der Waals surface area contributed by atoms with Crippen LogP contribution in [0.2, 0.25) is 0 Å². The summed E-state index contributed by atoms with van der Waals surface area (Å²) in [6.07, 6.45) is 6.33. The number of ether oxygens (including phenoxy) is 2. The highest BCUT2D eigenvalue weighted by Gasteiger charge is 2.59. The lowest BCUT2D eigenvalue weighted by atomic mass is 9.85. The van der Waals surface area contributed by atoms with Gasteiger partial charge in [-0.1, -0.05) is 12.2 Å². The van der Waals surface area contributed by atoms with Gasteiger partial charge in [-0.25, -0.2) is 4.79 Å². The van der Waals surface area contributed by atoms with E-state index in [1.807, 2.05) is 12.2 Å². The molecule has 8 nitrogen and oxygen atoms in total. The summed E-state index contributed by atoms with van der Waals surface area (Å²) in [5.74, 6) is -1.41. The molecule has 1 aliphatic heterocycles. The lowest BCUT2D eigenvalue weighted by molar-refractivity contribution is -0.141. The summed E-state index contributed by atoms with van der Waals surface area (Å²) in [4.78, 5) is 36.0. The van der Waals surface area contributed by atoms with Gasteiger partial charge in [0.15, 0.2) is 18.1 Å². The first-order chi connectivity index (χ1) is 13.4. The largest absolute Gasteiger partial charge is 0.493 e. The van der Waals surface area contributed by atoms with E-state index in [0.29, 0.717) is 15.8 Å². The van der Waals surface area contributed by atoms with Gasteiger partial charge in [-0.15, -0.1) is 0 Å². The molecule has 0 radical (unpaired) electrons. The summed E-state index contributed by atoms with van der Waals surface area (Å²) in [5.41, 5.74) is 0.554. The number of allylic oxidation sites excluding steroid dienone is 2. The van der Waals surface area contributed by atoms with Crippen molar-refractivity contribution in [2.75, 3.05) is 13.7 Å². The van der Waals surface area contributed by atoms with E-state index in [4.69, 9.17) is 14.6 Å². The van der Waals surface area contributed by atoms with Gasteiger partial charge in [0.05, 0.1) is 25.2 Å². The molecular formula is C19H17BrN2O6. The van der Waals surface area contributed by atoms with E-state index in [9.17, 15) is 14.4 Å². The normalized spacial score (nSPS) is 27.7. The Bertz CT molecular complexity index is 897. The number of nitrogens with zero attached hydrogens (tertiary/aromatic N) is 2. The van der Waals surface area contributed by atoms with Crippen molar-refractivity contribution in [2.45, 2.75) is 6.42 Å². The molecule has 0 unspecified atom stereocenters. The first kappa shape index (κ1) is 18.7. The first-order valence-corrected chi connectivity index (χ1v) is 9.52. The van der Waals surface area contributed by atoms with Crippen LogP contribution in [0.3, 0.4) is 0 Å². The summed E-state index contributed by atoms with van der Waals surface area (Å²) in [6.45, 7) is -0.508. The highest BCUT2D eigenvalue weighted by atomic mass is 79.9. The number of imide groups is 1. The lowest BCUT2D eigenvalue weighted by Crippen LogP contribution is -2.28. The number of carboxylic acids is 1. The SMILES string of the molecule is COc1cc(C=NN2C(=O)[C@@H]3[C@H](C2=O)[C@H]2C=C[C@H]3C2)c(Br)cc1OCC(=O)O. The van der Waals surface area contributed by atoms with Crippen molar-refractivity contribution < 1.29 is 29.0 Å². The summed E-state index contributed by atoms with van der Waals surface area (Å²) in [6, 6.07) is 3.14. The molecule has 4 rings (SSSR count). The van der Waals surface area contributed by atoms with E-state index >= 15 is 0 Å². The van der Waals surface area contributed by atoms with Crippen molar-refractivity contribution in [2.24, 2.45) is 28.8 Å². The third-order valence-electron chi connectivity index (χ3n) is 5.39. The molecule has 2 fully saturated rings. The van der Waals surface area contributed by atoms with Gasteiger partial charge >= 0.3 is 5.97 Å². The molecular weight excluding hydrogens is 432 g/mol. The molecule has 4 atom stereocenters. The van der Waals surface area contributed by atoms with Crippen molar-refractivity contribution in [3.63, 3.8) is 0 Å². The van der Waals surface area contributed by atoms with Crippen molar-refractivity contribution >= 4 is 39.9 Å². The number of benzene rings is 1. The molecule has 2 bridgehead atoms. The minimum Gasteiger partial charge on any atom is -0.493 e. The minimum atomic E-state index is -1.11. The molecule has 2 aliphatic carbocycles. The standard InChI is InChI=1S/C19H17BrN2O6/c1-27-13-5-11(12(20)6-14(13)28-8-15(23)24)7-21-22-18(25)16-9-2-3-10(4-9)17(16)19(22)26/h2-3,5-7,9-10,16-17H,4,8H2,1H3,(H,23,24)/t9-,10-,16-,17+/m0/s1. The number of hydrazone groups is 1. The maximum atomic E-state index is 12.7. The average Bonchev–Trinajstić information content (AvgIpc) is 3.34. The van der Waals surface area contributed by atoms with E-state index < -0.39 is 12.6 Å². The van der Waals surface area contributed by atoms with Crippen LogP contribution in [0, 0.1) is 23.7 Å². The molecule has 1 heterocycles. The third kappa shape index (κ3) is 2.99. The average molecular weight is 449 g/mol. The molecule has 1 saturated carbocycles. The highest BCUT2D eigenvalue weighted by molar-refractivity contribution is 9.10. The van der Waals surface area contributed by atoms with Crippen molar-refractivity contribution in [3.05, 3.63) is 34.3 Å². The number of methoxy groups -OCH3 is 1. The maximum absolute atomic E-state index is 12.7. The Labute approximate surface area is 168 Å². The molecule has 1 aromatic carbocycles. The number of carbonyl (C=O) groups excluding carboxylic acids is 2. The van der Waals surface area contributed by atoms with Gasteiger partial charge in [-0.05, 0) is 46.3 Å². The Hall–Kier alpha value is -2.68. The van der Waals surface area contributed by atoms with Crippen LogP contribution < -0.4 is 9.47 Å².